The van der Waals surface area contributed by atoms with Crippen LogP contribution in [0.2, 0.25) is 0 Å². The van der Waals surface area contributed by atoms with E-state index in [9.17, 15) is 24.0 Å². The van der Waals surface area contributed by atoms with Gasteiger partial charge in [0.2, 0.25) is 17.4 Å². The predicted octanol–water partition coefficient (Wildman–Crippen LogP) is 1.19. The van der Waals surface area contributed by atoms with Gasteiger partial charge in [-0.25, -0.2) is 9.69 Å². The molecular formula is C23H24N2O7. The molecule has 32 heavy (non-hydrogen) atoms. The van der Waals surface area contributed by atoms with Gasteiger partial charge in [0.1, 0.15) is 23.5 Å². The SMILES string of the molecule is CC(=O)[C@@]12O[C@]3(CC[C@@H](C(=O)OC(C)(C)C)N3C1=O)[C@@H]1C(=O)N(c3ccccc3)C(=O)[C@@H]12. The number of rotatable bonds is 3. The van der Waals surface area contributed by atoms with Gasteiger partial charge in [-0.05, 0) is 52.7 Å². The van der Waals surface area contributed by atoms with E-state index >= 15 is 0 Å². The third kappa shape index (κ3) is 2.34. The molecular weight excluding hydrogens is 416 g/mol. The molecule has 4 aliphatic rings. The van der Waals surface area contributed by atoms with Crippen LogP contribution in [0.25, 0.3) is 0 Å². The Kier molecular flexibility index (Phi) is 4.06. The molecule has 5 atom stereocenters. The number of anilines is 1. The lowest BCUT2D eigenvalue weighted by Crippen LogP contribution is -2.62. The van der Waals surface area contributed by atoms with Gasteiger partial charge in [0, 0.05) is 0 Å². The number of Topliss-reactive ketones (excluding diaryl/α,β-unsaturated/α-hetero) is 1. The maximum Gasteiger partial charge on any atom is 0.329 e. The minimum atomic E-state index is -2.11. The molecule has 9 heteroatoms. The number of para-hydroxylation sites is 1. The number of benzene rings is 1. The van der Waals surface area contributed by atoms with Crippen molar-refractivity contribution < 1.29 is 33.4 Å². The molecule has 1 spiro atoms. The molecule has 1 aromatic carbocycles. The van der Waals surface area contributed by atoms with E-state index in [-0.39, 0.29) is 12.8 Å². The van der Waals surface area contributed by atoms with Crippen LogP contribution in [0.1, 0.15) is 40.5 Å². The van der Waals surface area contributed by atoms with Crippen LogP contribution in [0.15, 0.2) is 30.3 Å². The molecule has 4 heterocycles. The van der Waals surface area contributed by atoms with Crippen LogP contribution >= 0.6 is 0 Å². The van der Waals surface area contributed by atoms with Gasteiger partial charge in [0.25, 0.3) is 5.91 Å². The summed E-state index contributed by atoms with van der Waals surface area (Å²) in [6, 6.07) is 7.40. The van der Waals surface area contributed by atoms with E-state index in [4.69, 9.17) is 9.47 Å². The number of ether oxygens (including phenoxy) is 2. The molecule has 0 saturated carbocycles. The number of fused-ring (bicyclic) bond motifs is 3. The zero-order valence-corrected chi connectivity index (χ0v) is 18.3. The molecule has 0 unspecified atom stereocenters. The highest BCUT2D eigenvalue weighted by Gasteiger charge is 2.86. The summed E-state index contributed by atoms with van der Waals surface area (Å²) in [5.41, 5.74) is -4.04. The van der Waals surface area contributed by atoms with Crippen LogP contribution in [0.3, 0.4) is 0 Å². The van der Waals surface area contributed by atoms with Crippen molar-refractivity contribution in [2.45, 2.75) is 63.5 Å². The molecule has 0 aliphatic carbocycles. The Balaban J connectivity index is 1.61. The van der Waals surface area contributed by atoms with Crippen LogP contribution in [0.5, 0.6) is 0 Å². The summed E-state index contributed by atoms with van der Waals surface area (Å²) in [6.45, 7) is 6.33. The normalized spacial score (nSPS) is 35.4. The summed E-state index contributed by atoms with van der Waals surface area (Å²) in [7, 11) is 0. The Morgan fingerprint density at radius 1 is 1.06 bits per heavy atom. The molecule has 0 N–H and O–H groups in total. The summed E-state index contributed by atoms with van der Waals surface area (Å²) in [6.07, 6.45) is 0.366. The van der Waals surface area contributed by atoms with E-state index in [0.717, 1.165) is 4.90 Å². The van der Waals surface area contributed by atoms with Gasteiger partial charge in [-0.3, -0.25) is 24.1 Å². The van der Waals surface area contributed by atoms with Gasteiger partial charge in [-0.2, -0.15) is 0 Å². The Labute approximate surface area is 184 Å². The van der Waals surface area contributed by atoms with Crippen molar-refractivity contribution in [2.24, 2.45) is 11.8 Å². The predicted molar refractivity (Wildman–Crippen MR) is 109 cm³/mol. The Bertz CT molecular complexity index is 1080. The zero-order chi connectivity index (χ0) is 23.2. The first-order chi connectivity index (χ1) is 15.0. The van der Waals surface area contributed by atoms with Crippen molar-refractivity contribution in [3.05, 3.63) is 30.3 Å². The third-order valence-electron chi connectivity index (χ3n) is 6.82. The van der Waals surface area contributed by atoms with Crippen LogP contribution in [-0.4, -0.2) is 57.3 Å². The molecule has 0 aromatic heterocycles. The molecule has 4 fully saturated rings. The third-order valence-corrected chi connectivity index (χ3v) is 6.82. The molecule has 1 aromatic rings. The van der Waals surface area contributed by atoms with Gasteiger partial charge < -0.3 is 9.47 Å². The van der Waals surface area contributed by atoms with Crippen molar-refractivity contribution in [1.29, 1.82) is 0 Å². The number of piperidine rings is 1. The van der Waals surface area contributed by atoms with Gasteiger partial charge in [0.15, 0.2) is 11.5 Å². The summed E-state index contributed by atoms with van der Waals surface area (Å²) in [4.78, 5) is 68.6. The van der Waals surface area contributed by atoms with Crippen molar-refractivity contribution in [1.82, 2.24) is 4.90 Å². The second kappa shape index (κ2) is 6.25. The number of carbonyl (C=O) groups excluding carboxylic acids is 5. The van der Waals surface area contributed by atoms with E-state index in [2.05, 4.69) is 0 Å². The van der Waals surface area contributed by atoms with Crippen molar-refractivity contribution in [3.8, 4) is 0 Å². The lowest BCUT2D eigenvalue weighted by atomic mass is 9.72. The van der Waals surface area contributed by atoms with Gasteiger partial charge in [-0.15, -0.1) is 0 Å². The lowest BCUT2D eigenvalue weighted by Gasteiger charge is -2.38. The Morgan fingerprint density at radius 2 is 1.69 bits per heavy atom. The average molecular weight is 440 g/mol. The Morgan fingerprint density at radius 3 is 2.28 bits per heavy atom. The summed E-state index contributed by atoms with van der Waals surface area (Å²) in [5, 5.41) is 0. The lowest BCUT2D eigenvalue weighted by molar-refractivity contribution is -0.169. The molecule has 5 rings (SSSR count). The number of imide groups is 1. The first kappa shape index (κ1) is 20.8. The number of carbonyl (C=O) groups is 5. The maximum absolute atomic E-state index is 13.6. The van der Waals surface area contributed by atoms with Crippen molar-refractivity contribution in [2.75, 3.05) is 4.90 Å². The van der Waals surface area contributed by atoms with E-state index in [1.165, 1.54) is 11.8 Å². The molecule has 9 nitrogen and oxygen atoms in total. The molecule has 4 aliphatic heterocycles. The summed E-state index contributed by atoms with van der Waals surface area (Å²) < 4.78 is 11.6. The van der Waals surface area contributed by atoms with Gasteiger partial charge in [-0.1, -0.05) is 18.2 Å². The van der Waals surface area contributed by atoms with E-state index in [0.29, 0.717) is 5.69 Å². The highest BCUT2D eigenvalue weighted by molar-refractivity contribution is 6.29. The molecule has 2 bridgehead atoms. The second-order valence-corrected chi connectivity index (χ2v) is 9.80. The standard InChI is InChI=1S/C23H24N2O7/c1-12(26)23-16-15(17(27)24(18(16)28)13-8-6-5-7-9-13)22(32-23)11-10-14(25(22)20(23)30)19(29)31-21(2,3)4/h5-9,14-16H,10-11H2,1-4H3/t14-,15-,16+,22+,23-/m0/s1. The summed E-state index contributed by atoms with van der Waals surface area (Å²) in [5.74, 6) is -5.49. The van der Waals surface area contributed by atoms with Crippen LogP contribution in [-0.2, 0) is 33.4 Å². The second-order valence-electron chi connectivity index (χ2n) is 9.80. The highest BCUT2D eigenvalue weighted by atomic mass is 16.6. The monoisotopic (exact) mass is 440 g/mol. The highest BCUT2D eigenvalue weighted by Crippen LogP contribution is 2.64. The summed E-state index contributed by atoms with van der Waals surface area (Å²) >= 11 is 0. The number of amides is 3. The van der Waals surface area contributed by atoms with E-state index in [1.807, 2.05) is 0 Å². The smallest absolute Gasteiger partial charge is 0.329 e. The van der Waals surface area contributed by atoms with Gasteiger partial charge >= 0.3 is 5.97 Å². The Hall–Kier alpha value is -3.07. The van der Waals surface area contributed by atoms with Crippen LogP contribution in [0, 0.1) is 11.8 Å². The topological polar surface area (TPSA) is 110 Å². The maximum atomic E-state index is 13.6. The number of hydrogen-bond acceptors (Lipinski definition) is 7. The number of esters is 1. The largest absolute Gasteiger partial charge is 0.458 e. The molecule has 0 radical (unpaired) electrons. The minimum absolute atomic E-state index is 0.153. The fraction of sp³-hybridized carbons (Fsp3) is 0.522. The van der Waals surface area contributed by atoms with E-state index < -0.39 is 64.3 Å². The number of ketones is 1. The fourth-order valence-corrected chi connectivity index (χ4v) is 5.74. The van der Waals surface area contributed by atoms with Crippen molar-refractivity contribution >= 4 is 35.2 Å². The van der Waals surface area contributed by atoms with Gasteiger partial charge in [0.05, 0.1) is 5.69 Å². The first-order valence-electron chi connectivity index (χ1n) is 10.7. The molecule has 4 saturated heterocycles. The first-order valence-corrected chi connectivity index (χ1v) is 10.7. The number of nitrogens with zero attached hydrogens (tertiary/aromatic N) is 2. The number of hydrogen-bond donors (Lipinski definition) is 0. The van der Waals surface area contributed by atoms with E-state index in [1.54, 1.807) is 51.1 Å². The molecule has 3 amide bonds. The minimum Gasteiger partial charge on any atom is -0.458 e. The fourth-order valence-electron chi connectivity index (χ4n) is 5.74. The zero-order valence-electron chi connectivity index (χ0n) is 18.3. The van der Waals surface area contributed by atoms with Crippen molar-refractivity contribution in [3.63, 3.8) is 0 Å². The van der Waals surface area contributed by atoms with Crippen LogP contribution < -0.4 is 4.90 Å². The quantitative estimate of drug-likeness (QED) is 0.394. The molecule has 168 valence electrons. The van der Waals surface area contributed by atoms with Crippen LogP contribution in [0.4, 0.5) is 5.69 Å². The average Bonchev–Trinajstić information content (AvgIpc) is 3.38.